The van der Waals surface area contributed by atoms with Gasteiger partial charge in [0.05, 0.1) is 14.9 Å². The monoisotopic (exact) mass is 410 g/mol. The van der Waals surface area contributed by atoms with Crippen LogP contribution in [0.1, 0.15) is 4.88 Å². The molecule has 0 amide bonds. The molecule has 110 valence electrons. The quantitative estimate of drug-likeness (QED) is 0.609. The van der Waals surface area contributed by atoms with Crippen LogP contribution in [0.5, 0.6) is 0 Å². The maximum atomic E-state index is 6.02. The fourth-order valence-corrected chi connectivity index (χ4v) is 4.47. The van der Waals surface area contributed by atoms with Gasteiger partial charge < -0.3 is 0 Å². The number of hydrogen-bond acceptors (Lipinski definition) is 5. The number of fused-ring (bicyclic) bond motifs is 1. The SMILES string of the molecule is Clc1ccc(C2=Nn3c(nnc3-c3cccc(Br)c3)SC2)s1. The molecular weight excluding hydrogens is 404 g/mol. The van der Waals surface area contributed by atoms with Gasteiger partial charge in [-0.15, -0.1) is 21.5 Å². The summed E-state index contributed by atoms with van der Waals surface area (Å²) in [5.41, 5.74) is 1.97. The Balaban J connectivity index is 1.81. The lowest BCUT2D eigenvalue weighted by atomic mass is 10.2. The maximum Gasteiger partial charge on any atom is 0.212 e. The highest BCUT2D eigenvalue weighted by atomic mass is 79.9. The predicted molar refractivity (Wildman–Crippen MR) is 95.1 cm³/mol. The van der Waals surface area contributed by atoms with Crippen molar-refractivity contribution in [1.29, 1.82) is 0 Å². The summed E-state index contributed by atoms with van der Waals surface area (Å²) in [5.74, 6) is 1.51. The van der Waals surface area contributed by atoms with E-state index >= 15 is 0 Å². The molecule has 0 radical (unpaired) electrons. The van der Waals surface area contributed by atoms with E-state index in [9.17, 15) is 0 Å². The largest absolute Gasteiger partial charge is 0.212 e. The Labute approximate surface area is 148 Å². The van der Waals surface area contributed by atoms with Crippen LogP contribution >= 0.6 is 50.6 Å². The average molecular weight is 412 g/mol. The second kappa shape index (κ2) is 5.81. The third-order valence-corrected chi connectivity index (χ3v) is 5.82. The third kappa shape index (κ3) is 2.62. The van der Waals surface area contributed by atoms with Gasteiger partial charge in [0.25, 0.3) is 0 Å². The van der Waals surface area contributed by atoms with E-state index in [4.69, 9.17) is 16.7 Å². The van der Waals surface area contributed by atoms with Crippen LogP contribution in [0, 0.1) is 0 Å². The smallest absolute Gasteiger partial charge is 0.186 e. The fourth-order valence-electron chi connectivity index (χ4n) is 2.13. The van der Waals surface area contributed by atoms with Crippen molar-refractivity contribution in [2.45, 2.75) is 5.16 Å². The first-order chi connectivity index (χ1) is 10.7. The fraction of sp³-hybridized carbons (Fsp3) is 0.0714. The van der Waals surface area contributed by atoms with Crippen molar-refractivity contribution in [2.75, 3.05) is 5.75 Å². The van der Waals surface area contributed by atoms with E-state index in [-0.39, 0.29) is 0 Å². The van der Waals surface area contributed by atoms with E-state index < -0.39 is 0 Å². The van der Waals surface area contributed by atoms with E-state index in [1.807, 2.05) is 36.4 Å². The summed E-state index contributed by atoms with van der Waals surface area (Å²) in [4.78, 5) is 1.08. The topological polar surface area (TPSA) is 43.1 Å². The van der Waals surface area contributed by atoms with Gasteiger partial charge in [0, 0.05) is 15.8 Å². The van der Waals surface area contributed by atoms with Gasteiger partial charge in [0.15, 0.2) is 5.82 Å². The molecule has 0 bridgehead atoms. The number of nitrogens with zero attached hydrogens (tertiary/aromatic N) is 4. The minimum absolute atomic E-state index is 0.739. The summed E-state index contributed by atoms with van der Waals surface area (Å²) in [6.45, 7) is 0. The number of benzene rings is 1. The number of thioether (sulfide) groups is 1. The van der Waals surface area contributed by atoms with Crippen LogP contribution in [-0.2, 0) is 0 Å². The zero-order valence-corrected chi connectivity index (χ0v) is 15.0. The van der Waals surface area contributed by atoms with Crippen molar-refractivity contribution in [3.63, 3.8) is 0 Å². The van der Waals surface area contributed by atoms with Crippen LogP contribution in [0.25, 0.3) is 11.4 Å². The molecule has 3 aromatic rings. The number of aromatic nitrogens is 3. The van der Waals surface area contributed by atoms with Gasteiger partial charge in [0.1, 0.15) is 0 Å². The first-order valence-corrected chi connectivity index (χ1v) is 9.36. The molecule has 0 unspecified atom stereocenters. The highest BCUT2D eigenvalue weighted by Crippen LogP contribution is 2.31. The van der Waals surface area contributed by atoms with Crippen molar-refractivity contribution in [3.8, 4) is 11.4 Å². The summed E-state index contributed by atoms with van der Waals surface area (Å²) in [7, 11) is 0. The third-order valence-electron chi connectivity index (χ3n) is 3.11. The summed E-state index contributed by atoms with van der Waals surface area (Å²) >= 11 is 12.7. The van der Waals surface area contributed by atoms with Crippen LogP contribution in [0.2, 0.25) is 4.34 Å². The van der Waals surface area contributed by atoms with Crippen molar-refractivity contribution >= 4 is 56.3 Å². The lowest BCUT2D eigenvalue weighted by molar-refractivity contribution is 0.763. The van der Waals surface area contributed by atoms with Crippen molar-refractivity contribution in [2.24, 2.45) is 5.10 Å². The second-order valence-electron chi connectivity index (χ2n) is 4.57. The second-order valence-corrected chi connectivity index (χ2v) is 8.14. The first-order valence-electron chi connectivity index (χ1n) is 6.38. The number of hydrogen-bond donors (Lipinski definition) is 0. The maximum absolute atomic E-state index is 6.02. The summed E-state index contributed by atoms with van der Waals surface area (Å²) < 4.78 is 3.57. The van der Waals surface area contributed by atoms with Gasteiger partial charge in [-0.1, -0.05) is 51.4 Å². The normalized spacial score (nSPS) is 13.8. The minimum atomic E-state index is 0.739. The van der Waals surface area contributed by atoms with Crippen LogP contribution in [0.15, 0.2) is 51.1 Å². The molecule has 22 heavy (non-hydrogen) atoms. The van der Waals surface area contributed by atoms with Gasteiger partial charge in [-0.2, -0.15) is 9.78 Å². The molecule has 3 heterocycles. The lowest BCUT2D eigenvalue weighted by Crippen LogP contribution is -2.12. The van der Waals surface area contributed by atoms with Gasteiger partial charge in [-0.3, -0.25) is 0 Å². The average Bonchev–Trinajstić information content (AvgIpc) is 3.12. The molecule has 4 rings (SSSR count). The molecule has 0 fully saturated rings. The number of halogens is 2. The molecule has 0 spiro atoms. The molecule has 1 aliphatic heterocycles. The molecule has 0 saturated heterocycles. The zero-order valence-electron chi connectivity index (χ0n) is 11.0. The van der Waals surface area contributed by atoms with Gasteiger partial charge >= 0.3 is 0 Å². The Morgan fingerprint density at radius 3 is 2.86 bits per heavy atom. The number of rotatable bonds is 2. The van der Waals surface area contributed by atoms with Crippen LogP contribution < -0.4 is 0 Å². The Kier molecular flexibility index (Phi) is 3.81. The van der Waals surface area contributed by atoms with E-state index in [2.05, 4.69) is 26.1 Å². The van der Waals surface area contributed by atoms with Crippen molar-refractivity contribution < 1.29 is 0 Å². The Morgan fingerprint density at radius 1 is 1.18 bits per heavy atom. The summed E-state index contributed by atoms with van der Waals surface area (Å²) in [5, 5.41) is 14.0. The molecule has 0 atom stereocenters. The first kappa shape index (κ1) is 14.4. The van der Waals surface area contributed by atoms with Crippen molar-refractivity contribution in [1.82, 2.24) is 14.9 Å². The Hall–Kier alpha value is -1.15. The Morgan fingerprint density at radius 2 is 2.09 bits per heavy atom. The number of thiophene rings is 1. The van der Waals surface area contributed by atoms with Crippen LogP contribution in [-0.4, -0.2) is 26.3 Å². The highest BCUT2D eigenvalue weighted by Gasteiger charge is 2.21. The molecule has 0 N–H and O–H groups in total. The van der Waals surface area contributed by atoms with Crippen LogP contribution in [0.3, 0.4) is 0 Å². The lowest BCUT2D eigenvalue weighted by Gasteiger charge is -2.12. The van der Waals surface area contributed by atoms with Crippen molar-refractivity contribution in [3.05, 3.63) is 50.1 Å². The molecule has 4 nitrogen and oxygen atoms in total. The van der Waals surface area contributed by atoms with Gasteiger partial charge in [0.2, 0.25) is 5.16 Å². The standard InChI is InChI=1S/C14H8BrClN4S2/c15-9-3-1-2-8(6-9)13-17-18-14-20(13)19-10(7-21-14)11-4-5-12(16)22-11/h1-6H,7H2. The van der Waals surface area contributed by atoms with Crippen LogP contribution in [0.4, 0.5) is 0 Å². The zero-order chi connectivity index (χ0) is 15.1. The highest BCUT2D eigenvalue weighted by molar-refractivity contribution is 9.10. The van der Waals surface area contributed by atoms with E-state index in [0.29, 0.717) is 0 Å². The van der Waals surface area contributed by atoms with Gasteiger partial charge in [-0.05, 0) is 24.3 Å². The summed E-state index contributed by atoms with van der Waals surface area (Å²) in [6.07, 6.45) is 0. The molecular formula is C14H8BrClN4S2. The van der Waals surface area contributed by atoms with E-state index in [1.165, 1.54) is 11.3 Å². The molecule has 0 saturated carbocycles. The molecule has 0 aliphatic carbocycles. The molecule has 1 aromatic carbocycles. The molecule has 8 heteroatoms. The predicted octanol–water partition coefficient (Wildman–Crippen LogP) is 4.78. The Bertz CT molecular complexity index is 887. The minimum Gasteiger partial charge on any atom is -0.186 e. The van der Waals surface area contributed by atoms with Gasteiger partial charge in [-0.25, -0.2) is 0 Å². The molecule has 1 aliphatic rings. The molecule has 2 aromatic heterocycles. The van der Waals surface area contributed by atoms with E-state index in [1.54, 1.807) is 16.4 Å². The summed E-state index contributed by atoms with van der Waals surface area (Å²) in [6, 6.07) is 11.9. The van der Waals surface area contributed by atoms with E-state index in [0.717, 1.165) is 41.7 Å².